The number of benzene rings is 1. The average molecular weight is 375 g/mol. The monoisotopic (exact) mass is 374 g/mol. The highest BCUT2D eigenvalue weighted by Gasteiger charge is 2.37. The van der Waals surface area contributed by atoms with E-state index in [1.165, 1.54) is 0 Å². The third kappa shape index (κ3) is 3.35. The van der Waals surface area contributed by atoms with Crippen LogP contribution in [0.15, 0.2) is 23.0 Å². The van der Waals surface area contributed by atoms with Crippen molar-refractivity contribution >= 4 is 34.9 Å². The first-order valence-electron chi connectivity index (χ1n) is 7.12. The van der Waals surface area contributed by atoms with Gasteiger partial charge in [-0.2, -0.15) is 18.2 Å². The van der Waals surface area contributed by atoms with Crippen LogP contribution in [0.1, 0.15) is 35.4 Å². The summed E-state index contributed by atoms with van der Waals surface area (Å²) in [6.45, 7) is 0. The number of allylic oxidation sites excluding steroid dienone is 1. The first-order chi connectivity index (χ1) is 11.3. The molecular formula is C16H11Cl2F3N2O. The summed E-state index contributed by atoms with van der Waals surface area (Å²) in [6.07, 6.45) is -1.73. The minimum absolute atomic E-state index is 0.0182. The van der Waals surface area contributed by atoms with Crippen molar-refractivity contribution in [2.75, 3.05) is 0 Å². The van der Waals surface area contributed by atoms with E-state index in [0.29, 0.717) is 34.0 Å². The van der Waals surface area contributed by atoms with Crippen LogP contribution in [0.3, 0.4) is 0 Å². The molecule has 0 saturated carbocycles. The van der Waals surface area contributed by atoms with E-state index in [2.05, 4.69) is 4.98 Å². The van der Waals surface area contributed by atoms with Crippen molar-refractivity contribution in [3.63, 3.8) is 0 Å². The van der Waals surface area contributed by atoms with Crippen LogP contribution < -0.4 is 5.69 Å². The Morgan fingerprint density at radius 2 is 1.96 bits per heavy atom. The van der Waals surface area contributed by atoms with Gasteiger partial charge >= 0.3 is 11.9 Å². The van der Waals surface area contributed by atoms with Crippen LogP contribution in [-0.4, -0.2) is 9.97 Å². The van der Waals surface area contributed by atoms with Crippen molar-refractivity contribution in [1.82, 2.24) is 9.97 Å². The van der Waals surface area contributed by atoms with Gasteiger partial charge < -0.3 is 4.98 Å². The van der Waals surface area contributed by atoms with Crippen LogP contribution in [-0.2, 0) is 12.6 Å². The Morgan fingerprint density at radius 3 is 2.62 bits per heavy atom. The largest absolute Gasteiger partial charge is 0.431 e. The summed E-state index contributed by atoms with van der Waals surface area (Å²) in [4.78, 5) is 17.2. The Balaban J connectivity index is 2.17. The molecule has 3 nitrogen and oxygen atoms in total. The third-order valence-electron chi connectivity index (χ3n) is 3.79. The van der Waals surface area contributed by atoms with Crippen molar-refractivity contribution in [2.24, 2.45) is 0 Å². The van der Waals surface area contributed by atoms with E-state index in [9.17, 15) is 18.0 Å². The number of aromatic amines is 1. The molecule has 8 heteroatoms. The summed E-state index contributed by atoms with van der Waals surface area (Å²) >= 11 is 12.0. The molecule has 1 aliphatic carbocycles. The van der Waals surface area contributed by atoms with Gasteiger partial charge in [0.2, 0.25) is 0 Å². The lowest BCUT2D eigenvalue weighted by Gasteiger charge is -2.21. The molecule has 0 spiro atoms. The molecule has 1 aromatic heterocycles. The number of alkyl halides is 3. The molecule has 0 radical (unpaired) electrons. The van der Waals surface area contributed by atoms with Crippen LogP contribution in [0.4, 0.5) is 13.2 Å². The number of hydrogen-bond donors (Lipinski definition) is 1. The van der Waals surface area contributed by atoms with E-state index in [0.717, 1.165) is 0 Å². The molecule has 0 bridgehead atoms. The Morgan fingerprint density at radius 1 is 1.21 bits per heavy atom. The summed E-state index contributed by atoms with van der Waals surface area (Å²) in [5.41, 5.74) is -0.772. The van der Waals surface area contributed by atoms with Crippen molar-refractivity contribution in [3.8, 4) is 0 Å². The molecule has 0 saturated heterocycles. The standard InChI is InChI=1S/C16H11Cl2F3N2O/c17-10-5-4-8(12(18)7-10)6-9-2-1-3-11-13(9)22-15(24)23-14(11)16(19,20)21/h4-7H,1-3H2,(H,22,23,24)/b9-6+. The van der Waals surface area contributed by atoms with Gasteiger partial charge in [0.15, 0.2) is 0 Å². The van der Waals surface area contributed by atoms with Gasteiger partial charge in [-0.05, 0) is 48.6 Å². The molecule has 0 amide bonds. The smallest absolute Gasteiger partial charge is 0.301 e. The van der Waals surface area contributed by atoms with Gasteiger partial charge in [0.1, 0.15) is 5.69 Å². The molecule has 0 fully saturated rings. The zero-order valence-corrected chi connectivity index (χ0v) is 13.7. The number of halogens is 5. The first-order valence-corrected chi connectivity index (χ1v) is 7.87. The molecular weight excluding hydrogens is 364 g/mol. The lowest BCUT2D eigenvalue weighted by atomic mass is 9.89. The molecule has 2 aromatic rings. The molecule has 126 valence electrons. The van der Waals surface area contributed by atoms with Crippen molar-refractivity contribution in [1.29, 1.82) is 0 Å². The zero-order valence-electron chi connectivity index (χ0n) is 12.2. The number of H-pyrrole nitrogens is 1. The van der Waals surface area contributed by atoms with Crippen molar-refractivity contribution < 1.29 is 13.2 Å². The number of nitrogens with one attached hydrogen (secondary N) is 1. The topological polar surface area (TPSA) is 45.8 Å². The molecule has 0 atom stereocenters. The van der Waals surface area contributed by atoms with Crippen LogP contribution in [0, 0.1) is 0 Å². The maximum Gasteiger partial charge on any atom is 0.431 e. The average Bonchev–Trinajstić information content (AvgIpc) is 2.49. The number of nitrogens with zero attached hydrogens (tertiary/aromatic N) is 1. The van der Waals surface area contributed by atoms with Gasteiger partial charge in [0.25, 0.3) is 0 Å². The fourth-order valence-corrected chi connectivity index (χ4v) is 3.23. The number of aromatic nitrogens is 2. The lowest BCUT2D eigenvalue weighted by Crippen LogP contribution is -2.25. The SMILES string of the molecule is O=c1nc2c(c(C(F)(F)F)[nH]1)CCC/C2=C\c1ccc(Cl)cc1Cl. The Hall–Kier alpha value is -1.79. The lowest BCUT2D eigenvalue weighted by molar-refractivity contribution is -0.142. The fraction of sp³-hybridized carbons (Fsp3) is 0.250. The highest BCUT2D eigenvalue weighted by molar-refractivity contribution is 6.35. The molecule has 0 aliphatic heterocycles. The number of fused-ring (bicyclic) bond motifs is 1. The highest BCUT2D eigenvalue weighted by atomic mass is 35.5. The van der Waals surface area contributed by atoms with Crippen molar-refractivity contribution in [3.05, 3.63) is 61.2 Å². The van der Waals surface area contributed by atoms with Crippen LogP contribution in [0.2, 0.25) is 10.0 Å². The van der Waals surface area contributed by atoms with Gasteiger partial charge in [-0.1, -0.05) is 29.3 Å². The Kier molecular flexibility index (Phi) is 4.44. The third-order valence-corrected chi connectivity index (χ3v) is 4.35. The first kappa shape index (κ1) is 17.0. The molecule has 1 N–H and O–H groups in total. The van der Waals surface area contributed by atoms with E-state index in [4.69, 9.17) is 23.2 Å². The van der Waals surface area contributed by atoms with Crippen LogP contribution in [0.25, 0.3) is 11.6 Å². The summed E-state index contributed by atoms with van der Waals surface area (Å²) in [5, 5.41) is 0.836. The quantitative estimate of drug-likeness (QED) is 0.765. The molecule has 1 aromatic carbocycles. The second kappa shape index (κ2) is 6.26. The summed E-state index contributed by atoms with van der Waals surface area (Å²) in [7, 11) is 0. The maximum absolute atomic E-state index is 13.2. The van der Waals surface area contributed by atoms with Gasteiger partial charge in [-0.25, -0.2) is 4.79 Å². The molecule has 1 heterocycles. The van der Waals surface area contributed by atoms with Crippen molar-refractivity contribution in [2.45, 2.75) is 25.4 Å². The highest BCUT2D eigenvalue weighted by Crippen LogP contribution is 2.38. The summed E-state index contributed by atoms with van der Waals surface area (Å²) in [6, 6.07) is 4.85. The molecule has 24 heavy (non-hydrogen) atoms. The van der Waals surface area contributed by atoms with E-state index in [1.54, 1.807) is 24.3 Å². The number of hydrogen-bond acceptors (Lipinski definition) is 2. The fourth-order valence-electron chi connectivity index (χ4n) is 2.77. The van der Waals surface area contributed by atoms with Gasteiger partial charge in [0, 0.05) is 15.6 Å². The Labute approximate surface area is 145 Å². The second-order valence-electron chi connectivity index (χ2n) is 5.43. The predicted octanol–water partition coefficient (Wildman–Crippen LogP) is 4.97. The number of rotatable bonds is 1. The van der Waals surface area contributed by atoms with Gasteiger partial charge in [0.05, 0.1) is 5.69 Å². The molecule has 1 aliphatic rings. The molecule has 0 unspecified atom stereocenters. The second-order valence-corrected chi connectivity index (χ2v) is 6.27. The van der Waals surface area contributed by atoms with E-state index >= 15 is 0 Å². The van der Waals surface area contributed by atoms with Crippen LogP contribution in [0.5, 0.6) is 0 Å². The predicted molar refractivity (Wildman–Crippen MR) is 87.1 cm³/mol. The van der Waals surface area contributed by atoms with E-state index in [1.807, 2.05) is 4.98 Å². The molecule has 3 rings (SSSR count). The van der Waals surface area contributed by atoms with Gasteiger partial charge in [-0.15, -0.1) is 0 Å². The minimum atomic E-state index is -4.63. The maximum atomic E-state index is 13.2. The Bertz CT molecular complexity index is 888. The summed E-state index contributed by atoms with van der Waals surface area (Å²) < 4.78 is 39.5. The summed E-state index contributed by atoms with van der Waals surface area (Å²) in [5.74, 6) is 0. The van der Waals surface area contributed by atoms with Crippen LogP contribution >= 0.6 is 23.2 Å². The zero-order chi connectivity index (χ0) is 17.5. The van der Waals surface area contributed by atoms with E-state index in [-0.39, 0.29) is 17.7 Å². The minimum Gasteiger partial charge on any atom is -0.301 e. The normalized spacial score (nSPS) is 16.3. The van der Waals surface area contributed by atoms with Gasteiger partial charge in [-0.3, -0.25) is 0 Å². The van der Waals surface area contributed by atoms with E-state index < -0.39 is 17.6 Å².